The number of benzene rings is 3. The third-order valence-corrected chi connectivity index (χ3v) is 9.60. The van der Waals surface area contributed by atoms with E-state index in [0.29, 0.717) is 13.2 Å². The minimum atomic E-state index is -2.58. The Morgan fingerprint density at radius 1 is 0.808 bits per heavy atom. The van der Waals surface area contributed by atoms with Gasteiger partial charge in [-0.1, -0.05) is 87.5 Å². The molecule has 0 saturated carbocycles. The molecule has 0 saturated heterocycles. The van der Waals surface area contributed by atoms with Crippen LogP contribution >= 0.6 is 0 Å². The van der Waals surface area contributed by atoms with Crippen molar-refractivity contribution in [2.75, 3.05) is 6.61 Å². The van der Waals surface area contributed by atoms with E-state index in [1.807, 2.05) is 0 Å². The summed E-state index contributed by atoms with van der Waals surface area (Å²) in [6.07, 6.45) is 0.928. The molecule has 0 N–H and O–H groups in total. The second-order valence-electron chi connectivity index (χ2n) is 8.04. The smallest absolute Gasteiger partial charge is 0.378 e. The van der Waals surface area contributed by atoms with Crippen molar-refractivity contribution in [3.05, 3.63) is 77.9 Å². The fourth-order valence-corrected chi connectivity index (χ4v) is 7.55. The van der Waals surface area contributed by atoms with Gasteiger partial charge in [-0.25, -0.2) is 0 Å². The molecule has 3 aromatic carbocycles. The van der Waals surface area contributed by atoms with E-state index in [0.717, 1.165) is 6.42 Å². The molecule has 1 unspecified atom stereocenters. The molecule has 2 nitrogen and oxygen atoms in total. The zero-order chi connectivity index (χ0) is 18.2. The van der Waals surface area contributed by atoms with E-state index in [1.54, 1.807) is 0 Å². The molecule has 0 spiro atoms. The van der Waals surface area contributed by atoms with Gasteiger partial charge in [0.05, 0.1) is 6.61 Å². The molecule has 1 heterocycles. The van der Waals surface area contributed by atoms with Crippen molar-refractivity contribution in [2.45, 2.75) is 38.8 Å². The molecular weight excluding hydrogens is 336 g/mol. The third kappa shape index (κ3) is 2.90. The van der Waals surface area contributed by atoms with Gasteiger partial charge in [0.2, 0.25) is 0 Å². The quantitative estimate of drug-likeness (QED) is 0.562. The zero-order valence-corrected chi connectivity index (χ0v) is 16.8. The highest BCUT2D eigenvalue weighted by atomic mass is 28.4. The molecular formula is C23H26O2Si. The summed E-state index contributed by atoms with van der Waals surface area (Å²) in [5, 5.41) is 3.77. The summed E-state index contributed by atoms with van der Waals surface area (Å²) in [6, 6.07) is 23.6. The van der Waals surface area contributed by atoms with Crippen molar-refractivity contribution in [3.63, 3.8) is 0 Å². The highest BCUT2D eigenvalue weighted by molar-refractivity contribution is 6.83. The van der Waals surface area contributed by atoms with Gasteiger partial charge in [-0.2, -0.15) is 0 Å². The lowest BCUT2D eigenvalue weighted by atomic mass is 9.97. The van der Waals surface area contributed by atoms with Gasteiger partial charge < -0.3 is 8.85 Å². The maximum atomic E-state index is 6.71. The van der Waals surface area contributed by atoms with Gasteiger partial charge in [0, 0.05) is 11.6 Å². The van der Waals surface area contributed by atoms with Gasteiger partial charge >= 0.3 is 8.56 Å². The molecule has 1 aliphatic rings. The monoisotopic (exact) mass is 362 g/mol. The maximum Gasteiger partial charge on any atom is 0.378 e. The molecule has 3 aromatic rings. The molecule has 4 rings (SSSR count). The highest BCUT2D eigenvalue weighted by Crippen LogP contribution is 2.39. The minimum absolute atomic E-state index is 0.0529. The fourth-order valence-electron chi connectivity index (χ4n) is 4.02. The van der Waals surface area contributed by atoms with Crippen molar-refractivity contribution < 1.29 is 8.85 Å². The van der Waals surface area contributed by atoms with Gasteiger partial charge in [0.25, 0.3) is 0 Å². The summed E-state index contributed by atoms with van der Waals surface area (Å²) >= 11 is 0. The van der Waals surface area contributed by atoms with E-state index in [9.17, 15) is 0 Å². The van der Waals surface area contributed by atoms with Crippen molar-refractivity contribution in [3.8, 4) is 0 Å². The first kappa shape index (κ1) is 17.5. The van der Waals surface area contributed by atoms with Crippen LogP contribution in [0.25, 0.3) is 10.8 Å². The second kappa shape index (κ2) is 6.65. The number of hydrogen-bond donors (Lipinski definition) is 0. The van der Waals surface area contributed by atoms with Crippen LogP contribution in [0.5, 0.6) is 0 Å². The van der Waals surface area contributed by atoms with Crippen molar-refractivity contribution in [1.29, 1.82) is 0 Å². The average molecular weight is 363 g/mol. The lowest BCUT2D eigenvalue weighted by molar-refractivity contribution is 0.146. The van der Waals surface area contributed by atoms with Crippen LogP contribution in [0, 0.1) is 0 Å². The summed E-state index contributed by atoms with van der Waals surface area (Å²) in [5.74, 6) is 0. The lowest BCUT2D eigenvalue weighted by Crippen LogP contribution is -2.60. The van der Waals surface area contributed by atoms with E-state index in [2.05, 4.69) is 87.5 Å². The number of fused-ring (bicyclic) bond motifs is 3. The Balaban J connectivity index is 1.78. The predicted molar refractivity (Wildman–Crippen MR) is 110 cm³/mol. The summed E-state index contributed by atoms with van der Waals surface area (Å²) < 4.78 is 13.4. The molecule has 0 aromatic heterocycles. The molecule has 3 heteroatoms. The molecule has 1 atom stereocenters. The summed E-state index contributed by atoms with van der Waals surface area (Å²) in [6.45, 7) is 8.04. The first-order chi connectivity index (χ1) is 12.5. The SMILES string of the molecule is CC(C)(C)[Si]1(c2ccccc2)OCCc2c(ccc3ccccc23)CO1. The van der Waals surface area contributed by atoms with Crippen LogP contribution in [0.3, 0.4) is 0 Å². The Hall–Kier alpha value is -1.94. The van der Waals surface area contributed by atoms with Crippen LogP contribution in [0.4, 0.5) is 0 Å². The molecule has 0 amide bonds. The van der Waals surface area contributed by atoms with Gasteiger partial charge in [-0.3, -0.25) is 0 Å². The largest absolute Gasteiger partial charge is 0.390 e. The average Bonchev–Trinajstić information content (AvgIpc) is 2.62. The van der Waals surface area contributed by atoms with Gasteiger partial charge in [-0.05, 0) is 33.5 Å². The first-order valence-corrected chi connectivity index (χ1v) is 11.2. The van der Waals surface area contributed by atoms with Gasteiger partial charge in [0.1, 0.15) is 0 Å². The summed E-state index contributed by atoms with van der Waals surface area (Å²) in [5.41, 5.74) is 2.66. The molecule has 1 aliphatic heterocycles. The molecule has 0 aliphatic carbocycles. The van der Waals surface area contributed by atoms with Crippen molar-refractivity contribution in [1.82, 2.24) is 0 Å². The summed E-state index contributed by atoms with van der Waals surface area (Å²) in [7, 11) is -2.58. The maximum absolute atomic E-state index is 6.71. The second-order valence-corrected chi connectivity index (χ2v) is 11.9. The molecule has 0 radical (unpaired) electrons. The first-order valence-electron chi connectivity index (χ1n) is 9.34. The Labute approximate surface area is 157 Å². The van der Waals surface area contributed by atoms with E-state index >= 15 is 0 Å². The van der Waals surface area contributed by atoms with E-state index in [1.165, 1.54) is 27.1 Å². The highest BCUT2D eigenvalue weighted by Gasteiger charge is 2.51. The Bertz CT molecular complexity index is 914. The van der Waals surface area contributed by atoms with E-state index in [-0.39, 0.29) is 5.04 Å². The van der Waals surface area contributed by atoms with Crippen molar-refractivity contribution >= 4 is 24.5 Å². The third-order valence-electron chi connectivity index (χ3n) is 5.37. The van der Waals surface area contributed by atoms with Crippen LogP contribution in [0.15, 0.2) is 66.7 Å². The lowest BCUT2D eigenvalue weighted by Gasteiger charge is -2.42. The van der Waals surface area contributed by atoms with Crippen LogP contribution in [0.2, 0.25) is 5.04 Å². The standard InChI is InChI=1S/C23H26O2Si/c1-23(2,3)26(20-10-5-4-6-11-20)24-16-15-22-19(17-25-26)14-13-18-9-7-8-12-21(18)22/h4-14H,15-17H2,1-3H3. The molecule has 26 heavy (non-hydrogen) atoms. The van der Waals surface area contributed by atoms with Crippen LogP contribution in [-0.2, 0) is 21.9 Å². The fraction of sp³-hybridized carbons (Fsp3) is 0.304. The minimum Gasteiger partial charge on any atom is -0.390 e. The molecule has 0 bridgehead atoms. The molecule has 134 valence electrons. The Morgan fingerprint density at radius 3 is 2.31 bits per heavy atom. The van der Waals surface area contributed by atoms with Crippen molar-refractivity contribution in [2.24, 2.45) is 0 Å². The topological polar surface area (TPSA) is 18.5 Å². The Morgan fingerprint density at radius 2 is 1.54 bits per heavy atom. The van der Waals surface area contributed by atoms with Gasteiger partial charge in [-0.15, -0.1) is 0 Å². The van der Waals surface area contributed by atoms with E-state index in [4.69, 9.17) is 8.85 Å². The van der Waals surface area contributed by atoms with Crippen LogP contribution in [-0.4, -0.2) is 15.2 Å². The predicted octanol–water partition coefficient (Wildman–Crippen LogP) is 5.08. The van der Waals surface area contributed by atoms with Crippen LogP contribution < -0.4 is 5.19 Å². The van der Waals surface area contributed by atoms with Crippen LogP contribution in [0.1, 0.15) is 31.9 Å². The normalized spacial score (nSPS) is 21.0. The number of rotatable bonds is 1. The van der Waals surface area contributed by atoms with Gasteiger partial charge in [0.15, 0.2) is 0 Å². The van der Waals surface area contributed by atoms with E-state index < -0.39 is 8.56 Å². The summed E-state index contributed by atoms with van der Waals surface area (Å²) in [4.78, 5) is 0. The zero-order valence-electron chi connectivity index (χ0n) is 15.8. The Kier molecular flexibility index (Phi) is 4.47. The number of hydrogen-bond acceptors (Lipinski definition) is 2. The molecule has 0 fully saturated rings.